The number of hydrogen-bond donors (Lipinski definition) is 1. The van der Waals surface area contributed by atoms with Crippen LogP contribution in [0.1, 0.15) is 50.7 Å². The van der Waals surface area contributed by atoms with Crippen LogP contribution in [-0.2, 0) is 4.79 Å². The molecule has 1 atom stereocenters. The van der Waals surface area contributed by atoms with Crippen molar-refractivity contribution in [2.45, 2.75) is 45.1 Å². The van der Waals surface area contributed by atoms with Gasteiger partial charge >= 0.3 is 0 Å². The van der Waals surface area contributed by atoms with Crippen LogP contribution in [0.15, 0.2) is 23.3 Å². The zero-order chi connectivity index (χ0) is 16.3. The van der Waals surface area contributed by atoms with E-state index < -0.39 is 5.91 Å². The standard InChI is InChI=1S/C17H22N4O/c1-12-10-17(2,3)21(4)15-6-5-13(9-14(12)15)11-19-20-16(22)7-8-18/h5-6,9,11-12H,7,10H2,1-4H3,(H,20,22)/b19-11-/t12-/m0/s1. The molecule has 0 unspecified atom stereocenters. The summed E-state index contributed by atoms with van der Waals surface area (Å²) in [5.74, 6) is 0.0780. The molecule has 1 aliphatic heterocycles. The molecule has 2 rings (SSSR count). The highest BCUT2D eigenvalue weighted by molar-refractivity contribution is 5.84. The second kappa shape index (κ2) is 6.18. The molecule has 1 N–H and O–H groups in total. The van der Waals surface area contributed by atoms with Gasteiger partial charge in [0, 0.05) is 18.3 Å². The molecule has 1 heterocycles. The average Bonchev–Trinajstić information content (AvgIpc) is 2.45. The van der Waals surface area contributed by atoms with Gasteiger partial charge in [-0.25, -0.2) is 5.43 Å². The molecule has 1 aliphatic rings. The molecule has 22 heavy (non-hydrogen) atoms. The molecule has 1 aromatic carbocycles. The Labute approximate surface area is 131 Å². The molecule has 0 spiro atoms. The Kier molecular flexibility index (Phi) is 4.51. The average molecular weight is 298 g/mol. The van der Waals surface area contributed by atoms with Crippen LogP contribution in [0, 0.1) is 11.3 Å². The summed E-state index contributed by atoms with van der Waals surface area (Å²) in [4.78, 5) is 13.5. The van der Waals surface area contributed by atoms with E-state index >= 15 is 0 Å². The van der Waals surface area contributed by atoms with E-state index in [1.807, 2.05) is 6.07 Å². The molecule has 0 saturated heterocycles. The zero-order valence-electron chi connectivity index (χ0n) is 13.6. The van der Waals surface area contributed by atoms with Gasteiger partial charge in [-0.05, 0) is 49.4 Å². The Bertz CT molecular complexity index is 643. The van der Waals surface area contributed by atoms with E-state index in [-0.39, 0.29) is 12.0 Å². The number of fused-ring (bicyclic) bond motifs is 1. The summed E-state index contributed by atoms with van der Waals surface area (Å²) in [6.45, 7) is 6.75. The smallest absolute Gasteiger partial charge is 0.254 e. The maximum absolute atomic E-state index is 11.2. The summed E-state index contributed by atoms with van der Waals surface area (Å²) in [6, 6.07) is 7.99. The van der Waals surface area contributed by atoms with Crippen molar-refractivity contribution in [1.82, 2.24) is 5.43 Å². The molecule has 0 bridgehead atoms. The number of carbonyl (C=O) groups is 1. The maximum Gasteiger partial charge on any atom is 0.254 e. The predicted octanol–water partition coefficient (Wildman–Crippen LogP) is 2.77. The Balaban J connectivity index is 2.19. The number of hydrazone groups is 1. The Hall–Kier alpha value is -2.35. The SMILES string of the molecule is C[C@H]1CC(C)(C)N(C)c2ccc(/C=N\NC(=O)CC#N)cc21. The topological polar surface area (TPSA) is 68.5 Å². The maximum atomic E-state index is 11.2. The molecule has 0 fully saturated rings. The summed E-state index contributed by atoms with van der Waals surface area (Å²) < 4.78 is 0. The number of nitriles is 1. The molecule has 0 radical (unpaired) electrons. The lowest BCUT2D eigenvalue weighted by molar-refractivity contribution is -0.120. The van der Waals surface area contributed by atoms with Gasteiger partial charge in [0.2, 0.25) is 0 Å². The van der Waals surface area contributed by atoms with Crippen LogP contribution in [0.3, 0.4) is 0 Å². The second-order valence-corrected chi connectivity index (χ2v) is 6.42. The van der Waals surface area contributed by atoms with Gasteiger partial charge in [0.25, 0.3) is 5.91 Å². The third-order valence-corrected chi connectivity index (χ3v) is 4.30. The van der Waals surface area contributed by atoms with Crippen LogP contribution in [0.5, 0.6) is 0 Å². The first-order valence-electron chi connectivity index (χ1n) is 7.42. The molecular weight excluding hydrogens is 276 g/mol. The first-order valence-corrected chi connectivity index (χ1v) is 7.42. The minimum absolute atomic E-state index is 0.146. The van der Waals surface area contributed by atoms with E-state index in [2.05, 4.69) is 55.4 Å². The quantitative estimate of drug-likeness (QED) is 0.689. The van der Waals surface area contributed by atoms with Crippen molar-refractivity contribution in [2.24, 2.45) is 5.10 Å². The van der Waals surface area contributed by atoms with Gasteiger partial charge in [0.05, 0.1) is 12.3 Å². The number of anilines is 1. The highest BCUT2D eigenvalue weighted by Crippen LogP contribution is 2.42. The van der Waals surface area contributed by atoms with E-state index in [1.165, 1.54) is 11.3 Å². The molecule has 0 aliphatic carbocycles. The number of hydrogen-bond acceptors (Lipinski definition) is 4. The fourth-order valence-corrected chi connectivity index (χ4v) is 2.97. The molecule has 0 aromatic heterocycles. The highest BCUT2D eigenvalue weighted by atomic mass is 16.2. The summed E-state index contributed by atoms with van der Waals surface area (Å²) in [6.07, 6.45) is 2.52. The van der Waals surface area contributed by atoms with Gasteiger partial charge in [-0.15, -0.1) is 0 Å². The first kappa shape index (κ1) is 16.0. The third kappa shape index (κ3) is 3.28. The van der Waals surface area contributed by atoms with E-state index in [1.54, 1.807) is 12.3 Å². The van der Waals surface area contributed by atoms with Crippen molar-refractivity contribution in [1.29, 1.82) is 5.26 Å². The van der Waals surface area contributed by atoms with Crippen molar-refractivity contribution < 1.29 is 4.79 Å². The van der Waals surface area contributed by atoms with Crippen LogP contribution >= 0.6 is 0 Å². The van der Waals surface area contributed by atoms with E-state index in [0.29, 0.717) is 5.92 Å². The summed E-state index contributed by atoms with van der Waals surface area (Å²) in [5.41, 5.74) is 5.97. The number of nitrogens with one attached hydrogen (secondary N) is 1. The highest BCUT2D eigenvalue weighted by Gasteiger charge is 2.33. The molecule has 1 aromatic rings. The molecule has 1 amide bonds. The number of rotatable bonds is 3. The lowest BCUT2D eigenvalue weighted by Crippen LogP contribution is -2.45. The zero-order valence-corrected chi connectivity index (χ0v) is 13.6. The summed E-state index contributed by atoms with van der Waals surface area (Å²) in [7, 11) is 2.13. The molecule has 5 nitrogen and oxygen atoms in total. The first-order chi connectivity index (χ1) is 10.3. The Morgan fingerprint density at radius 3 is 3.00 bits per heavy atom. The van der Waals surface area contributed by atoms with Crippen LogP contribution in [0.4, 0.5) is 5.69 Å². The largest absolute Gasteiger partial charge is 0.369 e. The number of carbonyl (C=O) groups excluding carboxylic acids is 1. The van der Waals surface area contributed by atoms with E-state index in [9.17, 15) is 4.79 Å². The number of amides is 1. The third-order valence-electron chi connectivity index (χ3n) is 4.30. The van der Waals surface area contributed by atoms with Gasteiger partial charge in [-0.1, -0.05) is 13.0 Å². The van der Waals surface area contributed by atoms with Crippen molar-refractivity contribution in [3.8, 4) is 6.07 Å². The fourth-order valence-electron chi connectivity index (χ4n) is 2.97. The number of benzene rings is 1. The molecule has 5 heteroatoms. The molecular formula is C17H22N4O. The predicted molar refractivity (Wildman–Crippen MR) is 87.9 cm³/mol. The lowest BCUT2D eigenvalue weighted by Gasteiger charge is -2.45. The van der Waals surface area contributed by atoms with Gasteiger partial charge < -0.3 is 4.90 Å². The van der Waals surface area contributed by atoms with Gasteiger partial charge in [-0.3, -0.25) is 4.79 Å². The van der Waals surface area contributed by atoms with Crippen LogP contribution in [-0.4, -0.2) is 24.7 Å². The van der Waals surface area contributed by atoms with Crippen molar-refractivity contribution in [3.63, 3.8) is 0 Å². The van der Waals surface area contributed by atoms with Crippen LogP contribution in [0.25, 0.3) is 0 Å². The normalized spacial score (nSPS) is 19.6. The molecule has 0 saturated carbocycles. The summed E-state index contributed by atoms with van der Waals surface area (Å²) in [5, 5.41) is 12.3. The van der Waals surface area contributed by atoms with Crippen molar-refractivity contribution >= 4 is 17.8 Å². The van der Waals surface area contributed by atoms with Gasteiger partial charge in [0.1, 0.15) is 6.42 Å². The fraction of sp³-hybridized carbons (Fsp3) is 0.471. The molecule has 116 valence electrons. The van der Waals surface area contributed by atoms with Crippen molar-refractivity contribution in [2.75, 3.05) is 11.9 Å². The van der Waals surface area contributed by atoms with E-state index in [4.69, 9.17) is 5.26 Å². The second-order valence-electron chi connectivity index (χ2n) is 6.42. The monoisotopic (exact) mass is 298 g/mol. The minimum atomic E-state index is -0.397. The van der Waals surface area contributed by atoms with Crippen molar-refractivity contribution in [3.05, 3.63) is 29.3 Å². The minimum Gasteiger partial charge on any atom is -0.369 e. The van der Waals surface area contributed by atoms with Crippen LogP contribution < -0.4 is 10.3 Å². The van der Waals surface area contributed by atoms with Gasteiger partial charge in [0.15, 0.2) is 0 Å². The van der Waals surface area contributed by atoms with Crippen LogP contribution in [0.2, 0.25) is 0 Å². The summed E-state index contributed by atoms with van der Waals surface area (Å²) >= 11 is 0. The van der Waals surface area contributed by atoms with Gasteiger partial charge in [-0.2, -0.15) is 10.4 Å². The van der Waals surface area contributed by atoms with E-state index in [0.717, 1.165) is 12.0 Å². The Morgan fingerprint density at radius 1 is 1.59 bits per heavy atom. The number of nitrogens with zero attached hydrogens (tertiary/aromatic N) is 3. The lowest BCUT2D eigenvalue weighted by atomic mass is 9.80. The Morgan fingerprint density at radius 2 is 2.32 bits per heavy atom.